The van der Waals surface area contributed by atoms with E-state index >= 15 is 0 Å². The van der Waals surface area contributed by atoms with Crippen LogP contribution in [0.5, 0.6) is 0 Å². The number of aromatic nitrogens is 1. The quantitative estimate of drug-likeness (QED) is 0.709. The number of amides is 3. The molecule has 8 nitrogen and oxygen atoms in total. The average Bonchev–Trinajstić information content (AvgIpc) is 2.67. The average molecular weight is 383 g/mol. The van der Waals surface area contributed by atoms with Crippen LogP contribution in [0, 0.1) is 6.92 Å². The molecule has 1 aromatic carbocycles. The summed E-state index contributed by atoms with van der Waals surface area (Å²) in [6.07, 6.45) is 2.16. The lowest BCUT2D eigenvalue weighted by molar-refractivity contribution is -0.125. The van der Waals surface area contributed by atoms with Crippen LogP contribution in [0.2, 0.25) is 0 Å². The molecule has 2 aromatic rings. The Morgan fingerprint density at radius 1 is 1.29 bits per heavy atom. The molecule has 0 saturated carbocycles. The highest BCUT2D eigenvalue weighted by Gasteiger charge is 2.26. The van der Waals surface area contributed by atoms with E-state index in [-0.39, 0.29) is 18.7 Å². The maximum absolute atomic E-state index is 12.4. The fraction of sp³-hybridized carbons (Fsp3) is 0.350. The van der Waals surface area contributed by atoms with Crippen LogP contribution in [0.1, 0.15) is 23.2 Å². The molecule has 8 heteroatoms. The van der Waals surface area contributed by atoms with Crippen molar-refractivity contribution in [3.05, 3.63) is 53.3 Å². The molecule has 148 valence electrons. The third-order valence-electron chi connectivity index (χ3n) is 4.77. The van der Waals surface area contributed by atoms with Crippen molar-refractivity contribution in [1.29, 1.82) is 0 Å². The van der Waals surface area contributed by atoms with Crippen LogP contribution in [-0.2, 0) is 22.5 Å². The number of benzene rings is 1. The van der Waals surface area contributed by atoms with Crippen molar-refractivity contribution in [3.63, 3.8) is 0 Å². The van der Waals surface area contributed by atoms with Gasteiger partial charge in [-0.3, -0.25) is 14.7 Å². The minimum atomic E-state index is -0.393. The van der Waals surface area contributed by atoms with Crippen molar-refractivity contribution in [1.82, 2.24) is 9.88 Å². The molecule has 4 N–H and O–H groups in total. The van der Waals surface area contributed by atoms with Gasteiger partial charge >= 0.3 is 6.03 Å². The Morgan fingerprint density at radius 2 is 2.11 bits per heavy atom. The highest BCUT2D eigenvalue weighted by atomic mass is 16.5. The van der Waals surface area contributed by atoms with Gasteiger partial charge in [-0.25, -0.2) is 4.79 Å². The number of nitrogens with two attached hydrogens (primary N) is 1. The fourth-order valence-electron chi connectivity index (χ4n) is 3.35. The SMILES string of the molecule is COC(CC(N)=O)N1CCc2c(cccc2NC(=O)Nc2ccc(C)nc2)C1. The summed E-state index contributed by atoms with van der Waals surface area (Å²) in [4.78, 5) is 29.9. The number of fused-ring (bicyclic) bond motifs is 1. The predicted molar refractivity (Wildman–Crippen MR) is 107 cm³/mol. The van der Waals surface area contributed by atoms with Gasteiger partial charge in [0.05, 0.1) is 18.3 Å². The highest BCUT2D eigenvalue weighted by molar-refractivity contribution is 6.00. The molecule has 28 heavy (non-hydrogen) atoms. The zero-order valence-electron chi connectivity index (χ0n) is 16.1. The van der Waals surface area contributed by atoms with E-state index in [4.69, 9.17) is 10.5 Å². The van der Waals surface area contributed by atoms with Crippen LogP contribution in [0.15, 0.2) is 36.5 Å². The van der Waals surface area contributed by atoms with Crippen molar-refractivity contribution in [2.24, 2.45) is 5.73 Å². The summed E-state index contributed by atoms with van der Waals surface area (Å²) in [7, 11) is 1.57. The molecule has 0 spiro atoms. The van der Waals surface area contributed by atoms with Gasteiger partial charge in [-0.05, 0) is 42.7 Å². The lowest BCUT2D eigenvalue weighted by Crippen LogP contribution is -2.42. The Bertz CT molecular complexity index is 853. The number of hydrogen-bond donors (Lipinski definition) is 3. The van der Waals surface area contributed by atoms with E-state index in [0.29, 0.717) is 18.8 Å². The molecule has 0 saturated heterocycles. The zero-order valence-corrected chi connectivity index (χ0v) is 16.1. The van der Waals surface area contributed by atoms with Crippen LogP contribution < -0.4 is 16.4 Å². The molecule has 0 bridgehead atoms. The summed E-state index contributed by atoms with van der Waals surface area (Å²) in [6.45, 7) is 3.22. The Balaban J connectivity index is 1.69. The number of nitrogens with zero attached hydrogens (tertiary/aromatic N) is 2. The number of rotatable bonds is 6. The third-order valence-corrected chi connectivity index (χ3v) is 4.77. The van der Waals surface area contributed by atoms with E-state index in [9.17, 15) is 9.59 Å². The number of hydrogen-bond acceptors (Lipinski definition) is 5. The number of anilines is 2. The molecule has 0 aliphatic carbocycles. The van der Waals surface area contributed by atoms with Gasteiger partial charge in [-0.2, -0.15) is 0 Å². The van der Waals surface area contributed by atoms with Crippen molar-refractivity contribution in [3.8, 4) is 0 Å². The smallest absolute Gasteiger partial charge is 0.323 e. The summed E-state index contributed by atoms with van der Waals surface area (Å²) < 4.78 is 5.42. The van der Waals surface area contributed by atoms with E-state index in [0.717, 1.165) is 28.9 Å². The summed E-state index contributed by atoms with van der Waals surface area (Å²) in [5.74, 6) is -0.393. The van der Waals surface area contributed by atoms with Gasteiger partial charge in [-0.15, -0.1) is 0 Å². The molecule has 0 radical (unpaired) electrons. The summed E-state index contributed by atoms with van der Waals surface area (Å²) in [5.41, 5.74) is 9.79. The van der Waals surface area contributed by atoms with Crippen LogP contribution in [0.25, 0.3) is 0 Å². The lowest BCUT2D eigenvalue weighted by Gasteiger charge is -2.34. The maximum atomic E-state index is 12.4. The number of pyridine rings is 1. The molecular weight excluding hydrogens is 358 g/mol. The molecule has 1 atom stereocenters. The van der Waals surface area contributed by atoms with Gasteiger partial charge in [0.1, 0.15) is 6.23 Å². The number of primary amides is 1. The van der Waals surface area contributed by atoms with Crippen LogP contribution in [-0.4, -0.2) is 41.7 Å². The van der Waals surface area contributed by atoms with E-state index in [1.807, 2.05) is 37.3 Å². The number of nitrogens with one attached hydrogen (secondary N) is 2. The highest BCUT2D eigenvalue weighted by Crippen LogP contribution is 2.28. The fourth-order valence-corrected chi connectivity index (χ4v) is 3.35. The third kappa shape index (κ3) is 4.85. The van der Waals surface area contributed by atoms with Gasteiger partial charge in [0.2, 0.25) is 5.91 Å². The number of urea groups is 1. The van der Waals surface area contributed by atoms with Crippen molar-refractivity contribution >= 4 is 23.3 Å². The number of ether oxygens (including phenoxy) is 1. The number of aryl methyl sites for hydroxylation is 1. The normalized spacial score (nSPS) is 14.8. The summed E-state index contributed by atoms with van der Waals surface area (Å²) >= 11 is 0. The lowest BCUT2D eigenvalue weighted by atomic mass is 9.97. The Morgan fingerprint density at radius 3 is 2.79 bits per heavy atom. The van der Waals surface area contributed by atoms with Crippen LogP contribution in [0.4, 0.5) is 16.2 Å². The van der Waals surface area contributed by atoms with E-state index < -0.39 is 5.91 Å². The molecule has 1 aliphatic heterocycles. The van der Waals surface area contributed by atoms with Gasteiger partial charge in [0, 0.05) is 31.6 Å². The first kappa shape index (κ1) is 19.8. The topological polar surface area (TPSA) is 110 Å². The van der Waals surface area contributed by atoms with Crippen LogP contribution >= 0.6 is 0 Å². The van der Waals surface area contributed by atoms with E-state index in [1.165, 1.54) is 0 Å². The second kappa shape index (κ2) is 8.81. The molecule has 3 rings (SSSR count). The van der Waals surface area contributed by atoms with Gasteiger partial charge < -0.3 is 21.1 Å². The number of methoxy groups -OCH3 is 1. The minimum absolute atomic E-state index is 0.150. The largest absolute Gasteiger partial charge is 0.370 e. The molecule has 1 unspecified atom stereocenters. The van der Waals surface area contributed by atoms with Crippen molar-refractivity contribution in [2.45, 2.75) is 32.5 Å². The Kier molecular flexibility index (Phi) is 6.23. The van der Waals surface area contributed by atoms with Gasteiger partial charge in [-0.1, -0.05) is 12.1 Å². The molecule has 3 amide bonds. The van der Waals surface area contributed by atoms with Crippen molar-refractivity contribution in [2.75, 3.05) is 24.3 Å². The van der Waals surface area contributed by atoms with E-state index in [2.05, 4.69) is 20.5 Å². The van der Waals surface area contributed by atoms with Crippen molar-refractivity contribution < 1.29 is 14.3 Å². The molecule has 1 aliphatic rings. The Labute approximate surface area is 164 Å². The summed E-state index contributed by atoms with van der Waals surface area (Å²) in [5, 5.41) is 5.71. The molecule has 2 heterocycles. The zero-order chi connectivity index (χ0) is 20.1. The number of carbonyl (C=O) groups excluding carboxylic acids is 2. The second-order valence-corrected chi connectivity index (χ2v) is 6.79. The predicted octanol–water partition coefficient (Wildman–Crippen LogP) is 2.24. The standard InChI is InChI=1S/C20H25N5O3/c1-13-6-7-15(11-22-13)23-20(27)24-17-5-3-4-14-12-25(9-8-16(14)17)19(28-2)10-18(21)26/h3-7,11,19H,8-10,12H2,1-2H3,(H2,21,26)(H2,23,24,27). The van der Waals surface area contributed by atoms with E-state index in [1.54, 1.807) is 13.3 Å². The number of carbonyl (C=O) groups is 2. The monoisotopic (exact) mass is 383 g/mol. The first-order valence-electron chi connectivity index (χ1n) is 9.13. The second-order valence-electron chi connectivity index (χ2n) is 6.79. The maximum Gasteiger partial charge on any atom is 0.323 e. The Hall–Kier alpha value is -2.97. The minimum Gasteiger partial charge on any atom is -0.370 e. The van der Waals surface area contributed by atoms with Gasteiger partial charge in [0.15, 0.2) is 0 Å². The molecule has 0 fully saturated rings. The molecule has 1 aromatic heterocycles. The van der Waals surface area contributed by atoms with Crippen LogP contribution in [0.3, 0.4) is 0 Å². The first-order valence-corrected chi connectivity index (χ1v) is 9.13. The molecular formula is C20H25N5O3. The van der Waals surface area contributed by atoms with Gasteiger partial charge in [0.25, 0.3) is 0 Å². The summed E-state index contributed by atoms with van der Waals surface area (Å²) in [6, 6.07) is 9.15. The first-order chi connectivity index (χ1) is 13.5.